The molecule has 2 amide bonds. The van der Waals surface area contributed by atoms with Crippen molar-refractivity contribution in [1.82, 2.24) is 19.6 Å². The second-order valence-corrected chi connectivity index (χ2v) is 8.11. The van der Waals surface area contributed by atoms with Gasteiger partial charge in [0.15, 0.2) is 0 Å². The zero-order valence-corrected chi connectivity index (χ0v) is 16.7. The summed E-state index contributed by atoms with van der Waals surface area (Å²) in [4.78, 5) is 27.6. The lowest BCUT2D eigenvalue weighted by molar-refractivity contribution is -0.134. The maximum Gasteiger partial charge on any atom is 0.248 e. The van der Waals surface area contributed by atoms with Gasteiger partial charge in [-0.2, -0.15) is 5.10 Å². The number of aromatic nitrogens is 2. The van der Waals surface area contributed by atoms with Crippen LogP contribution in [0.15, 0.2) is 12.4 Å². The van der Waals surface area contributed by atoms with Crippen LogP contribution in [0.3, 0.4) is 0 Å². The molecule has 27 heavy (non-hydrogen) atoms. The Kier molecular flexibility index (Phi) is 6.16. The third kappa shape index (κ3) is 5.07. The molecule has 2 atom stereocenters. The third-order valence-electron chi connectivity index (χ3n) is 5.32. The molecule has 8 nitrogen and oxygen atoms in total. The number of likely N-dealkylation sites (tertiary alicyclic amines) is 1. The highest BCUT2D eigenvalue weighted by Gasteiger charge is 2.35. The first-order valence-electron chi connectivity index (χ1n) is 9.73. The first-order chi connectivity index (χ1) is 12.8. The van der Waals surface area contributed by atoms with E-state index in [0.717, 1.165) is 31.5 Å². The van der Waals surface area contributed by atoms with Gasteiger partial charge in [-0.15, -0.1) is 0 Å². The number of ether oxygens (including phenoxy) is 1. The molecule has 1 aliphatic heterocycles. The third-order valence-corrected chi connectivity index (χ3v) is 5.32. The number of rotatable bonds is 8. The Labute approximate surface area is 160 Å². The van der Waals surface area contributed by atoms with Gasteiger partial charge in [0.25, 0.3) is 0 Å². The van der Waals surface area contributed by atoms with Crippen LogP contribution in [0.2, 0.25) is 0 Å². The molecule has 0 aromatic carbocycles. The molecule has 8 heteroatoms. The predicted molar refractivity (Wildman–Crippen MR) is 102 cm³/mol. The van der Waals surface area contributed by atoms with Crippen molar-refractivity contribution in [2.24, 2.45) is 5.92 Å². The first-order valence-corrected chi connectivity index (χ1v) is 9.73. The second-order valence-electron chi connectivity index (χ2n) is 8.11. The van der Waals surface area contributed by atoms with Crippen molar-refractivity contribution in [2.45, 2.75) is 51.2 Å². The maximum atomic E-state index is 11.9. The van der Waals surface area contributed by atoms with Crippen molar-refractivity contribution < 1.29 is 14.3 Å². The van der Waals surface area contributed by atoms with Crippen LogP contribution in [0.1, 0.15) is 39.2 Å². The number of nitrogens with one attached hydrogen (secondary N) is 1. The van der Waals surface area contributed by atoms with Gasteiger partial charge < -0.3 is 15.0 Å². The van der Waals surface area contributed by atoms with Gasteiger partial charge in [0.2, 0.25) is 11.8 Å². The highest BCUT2D eigenvalue weighted by molar-refractivity contribution is 5.93. The molecule has 0 unspecified atom stereocenters. The highest BCUT2D eigenvalue weighted by atomic mass is 16.5. The molecule has 1 N–H and O–H groups in total. The summed E-state index contributed by atoms with van der Waals surface area (Å²) in [6.45, 7) is 5.86. The number of anilines is 1. The predicted octanol–water partition coefficient (Wildman–Crippen LogP) is 1.36. The topological polar surface area (TPSA) is 79.7 Å². The van der Waals surface area contributed by atoms with E-state index in [1.807, 2.05) is 10.9 Å². The number of hydrogen-bond acceptors (Lipinski definition) is 5. The van der Waals surface area contributed by atoms with Crippen LogP contribution in [0.4, 0.5) is 5.69 Å². The van der Waals surface area contributed by atoms with E-state index in [-0.39, 0.29) is 36.4 Å². The lowest BCUT2D eigenvalue weighted by Crippen LogP contribution is -2.39. The normalized spacial score (nSPS) is 23.0. The van der Waals surface area contributed by atoms with Crippen LogP contribution < -0.4 is 5.32 Å². The monoisotopic (exact) mass is 377 g/mol. The molecule has 1 saturated carbocycles. The summed E-state index contributed by atoms with van der Waals surface area (Å²) in [5.41, 5.74) is 0.763. The van der Waals surface area contributed by atoms with Crippen molar-refractivity contribution in [2.75, 3.05) is 39.2 Å². The van der Waals surface area contributed by atoms with Crippen LogP contribution >= 0.6 is 0 Å². The lowest BCUT2D eigenvalue weighted by atomic mass is 10.2. The van der Waals surface area contributed by atoms with Gasteiger partial charge in [0.1, 0.15) is 6.61 Å². The van der Waals surface area contributed by atoms with Crippen LogP contribution in [-0.4, -0.2) is 77.3 Å². The molecule has 150 valence electrons. The SMILES string of the molecule is CC(C)N1C[C@@H](n2cc(NC(=O)C3CC3)cn2)C[C@H]1COCC(=O)N(C)C. The number of hydrogen-bond donors (Lipinski definition) is 1. The Bertz CT molecular complexity index is 668. The summed E-state index contributed by atoms with van der Waals surface area (Å²) in [5.74, 6) is 0.257. The molecule has 1 saturated heterocycles. The van der Waals surface area contributed by atoms with Gasteiger partial charge in [-0.1, -0.05) is 0 Å². The van der Waals surface area contributed by atoms with E-state index in [0.29, 0.717) is 12.6 Å². The fourth-order valence-electron chi connectivity index (χ4n) is 3.51. The zero-order valence-electron chi connectivity index (χ0n) is 16.7. The summed E-state index contributed by atoms with van der Waals surface area (Å²) in [7, 11) is 3.46. The minimum Gasteiger partial charge on any atom is -0.370 e. The van der Waals surface area contributed by atoms with Crippen LogP contribution in [-0.2, 0) is 14.3 Å². The summed E-state index contributed by atoms with van der Waals surface area (Å²) in [5, 5.41) is 7.41. The van der Waals surface area contributed by atoms with E-state index < -0.39 is 0 Å². The van der Waals surface area contributed by atoms with Crippen molar-refractivity contribution >= 4 is 17.5 Å². The van der Waals surface area contributed by atoms with Gasteiger partial charge in [-0.25, -0.2) is 0 Å². The molecular weight excluding hydrogens is 346 g/mol. The average Bonchev–Trinajstić information content (AvgIpc) is 3.22. The second kappa shape index (κ2) is 8.39. The minimum absolute atomic E-state index is 0.0243. The van der Waals surface area contributed by atoms with E-state index in [2.05, 4.69) is 29.2 Å². The number of likely N-dealkylation sites (N-methyl/N-ethyl adjacent to an activating group) is 1. The van der Waals surface area contributed by atoms with Crippen molar-refractivity contribution in [1.29, 1.82) is 0 Å². The average molecular weight is 377 g/mol. The van der Waals surface area contributed by atoms with E-state index in [1.54, 1.807) is 25.2 Å². The van der Waals surface area contributed by atoms with Gasteiger partial charge in [-0.3, -0.25) is 19.2 Å². The van der Waals surface area contributed by atoms with E-state index >= 15 is 0 Å². The number of amides is 2. The van der Waals surface area contributed by atoms with Crippen LogP contribution in [0.25, 0.3) is 0 Å². The molecule has 1 aromatic rings. The molecule has 2 aliphatic rings. The fourth-order valence-corrected chi connectivity index (χ4v) is 3.51. The zero-order chi connectivity index (χ0) is 19.6. The van der Waals surface area contributed by atoms with Gasteiger partial charge in [-0.05, 0) is 33.1 Å². The van der Waals surface area contributed by atoms with Crippen molar-refractivity contribution in [3.63, 3.8) is 0 Å². The molecular formula is C19H31N5O3. The Morgan fingerprint density at radius 3 is 2.74 bits per heavy atom. The summed E-state index contributed by atoms with van der Waals surface area (Å²) >= 11 is 0. The van der Waals surface area contributed by atoms with E-state index in [4.69, 9.17) is 4.74 Å². The Morgan fingerprint density at radius 1 is 1.37 bits per heavy atom. The quantitative estimate of drug-likeness (QED) is 0.740. The molecule has 1 aromatic heterocycles. The van der Waals surface area contributed by atoms with Crippen LogP contribution in [0.5, 0.6) is 0 Å². The summed E-state index contributed by atoms with van der Waals surface area (Å²) < 4.78 is 7.62. The lowest BCUT2D eigenvalue weighted by Gasteiger charge is -2.27. The molecule has 3 rings (SSSR count). The number of nitrogens with zero attached hydrogens (tertiary/aromatic N) is 4. The minimum atomic E-state index is -0.0243. The highest BCUT2D eigenvalue weighted by Crippen LogP contribution is 2.31. The van der Waals surface area contributed by atoms with Gasteiger partial charge in [0.05, 0.1) is 24.5 Å². The molecule has 0 spiro atoms. The summed E-state index contributed by atoms with van der Waals surface area (Å²) in [6, 6.07) is 0.869. The van der Waals surface area contributed by atoms with Crippen molar-refractivity contribution in [3.05, 3.63) is 12.4 Å². The smallest absolute Gasteiger partial charge is 0.248 e. The fraction of sp³-hybridized carbons (Fsp3) is 0.737. The molecule has 0 bridgehead atoms. The Morgan fingerprint density at radius 2 is 2.11 bits per heavy atom. The molecule has 1 aliphatic carbocycles. The first kappa shape index (κ1) is 19.8. The van der Waals surface area contributed by atoms with Crippen molar-refractivity contribution in [3.8, 4) is 0 Å². The maximum absolute atomic E-state index is 11.9. The van der Waals surface area contributed by atoms with Gasteiger partial charge in [0, 0.05) is 44.8 Å². The van der Waals surface area contributed by atoms with E-state index in [9.17, 15) is 9.59 Å². The standard InChI is InChI=1S/C19H31N5O3/c1-13(2)23-10-16(7-17(23)11-27-12-18(25)22(3)4)24-9-15(8-20-24)21-19(26)14-5-6-14/h8-9,13-14,16-17H,5-7,10-12H2,1-4H3,(H,21,26)/t16-,17-/m0/s1. The summed E-state index contributed by atoms with van der Waals surface area (Å²) in [6.07, 6.45) is 6.53. The van der Waals surface area contributed by atoms with Crippen LogP contribution in [0, 0.1) is 5.92 Å². The number of carbonyl (C=O) groups excluding carboxylic acids is 2. The molecule has 2 fully saturated rings. The Balaban J connectivity index is 1.56. The largest absolute Gasteiger partial charge is 0.370 e. The van der Waals surface area contributed by atoms with E-state index in [1.165, 1.54) is 0 Å². The molecule has 2 heterocycles. The Hall–Kier alpha value is -1.93. The molecule has 0 radical (unpaired) electrons. The van der Waals surface area contributed by atoms with Gasteiger partial charge >= 0.3 is 0 Å². The number of carbonyl (C=O) groups is 2.